The molecule has 1 unspecified atom stereocenters. The van der Waals surface area contributed by atoms with E-state index in [0.29, 0.717) is 0 Å². The zero-order chi connectivity index (χ0) is 13.0. The Morgan fingerprint density at radius 2 is 2.11 bits per heavy atom. The van der Waals surface area contributed by atoms with E-state index in [2.05, 4.69) is 10.2 Å². The first-order valence-corrected chi connectivity index (χ1v) is 6.44. The van der Waals surface area contributed by atoms with Crippen LogP contribution in [0.4, 0.5) is 5.69 Å². The molecule has 18 heavy (non-hydrogen) atoms. The Kier molecular flexibility index (Phi) is 4.20. The number of aliphatic hydroxyl groups excluding tert-OH is 1. The van der Waals surface area contributed by atoms with Crippen molar-refractivity contribution in [3.8, 4) is 0 Å². The first kappa shape index (κ1) is 12.9. The molecule has 0 aromatic heterocycles. The SMILES string of the molecule is CNC(=O)C1CCCCN1c1ccc(CO)cc1. The fraction of sp³-hybridized carbons (Fsp3) is 0.500. The second-order valence-electron chi connectivity index (χ2n) is 4.64. The average molecular weight is 248 g/mol. The Bertz CT molecular complexity index is 403. The normalized spacial score (nSPS) is 19.7. The topological polar surface area (TPSA) is 52.6 Å². The van der Waals surface area contributed by atoms with Crippen LogP contribution >= 0.6 is 0 Å². The van der Waals surface area contributed by atoms with Gasteiger partial charge in [-0.2, -0.15) is 0 Å². The molecule has 2 N–H and O–H groups in total. The third-order valence-electron chi connectivity index (χ3n) is 3.50. The fourth-order valence-corrected chi connectivity index (χ4v) is 2.47. The van der Waals surface area contributed by atoms with Gasteiger partial charge in [-0.3, -0.25) is 4.79 Å². The highest BCUT2D eigenvalue weighted by Gasteiger charge is 2.27. The standard InChI is InChI=1S/C14H20N2O2/c1-15-14(18)13-4-2-3-9-16(13)12-7-5-11(10-17)6-8-12/h5-8,13,17H,2-4,9-10H2,1H3,(H,15,18). The number of carbonyl (C=O) groups is 1. The number of amides is 1. The molecule has 1 amide bonds. The van der Waals surface area contributed by atoms with E-state index >= 15 is 0 Å². The average Bonchev–Trinajstić information content (AvgIpc) is 2.46. The number of hydrogen-bond acceptors (Lipinski definition) is 3. The molecule has 98 valence electrons. The number of nitrogens with zero attached hydrogens (tertiary/aromatic N) is 1. The minimum absolute atomic E-state index is 0.0547. The molecule has 1 aromatic rings. The van der Waals surface area contributed by atoms with E-state index in [0.717, 1.165) is 37.1 Å². The van der Waals surface area contributed by atoms with Gasteiger partial charge in [-0.1, -0.05) is 12.1 Å². The molecule has 1 aliphatic rings. The number of benzene rings is 1. The van der Waals surface area contributed by atoms with Gasteiger partial charge in [-0.15, -0.1) is 0 Å². The Morgan fingerprint density at radius 3 is 2.72 bits per heavy atom. The lowest BCUT2D eigenvalue weighted by molar-refractivity contribution is -0.122. The van der Waals surface area contributed by atoms with Gasteiger partial charge in [-0.25, -0.2) is 0 Å². The van der Waals surface area contributed by atoms with Crippen LogP contribution in [0.3, 0.4) is 0 Å². The van der Waals surface area contributed by atoms with Gasteiger partial charge in [-0.05, 0) is 37.0 Å². The summed E-state index contributed by atoms with van der Waals surface area (Å²) in [7, 11) is 1.68. The number of aliphatic hydroxyl groups is 1. The van der Waals surface area contributed by atoms with Crippen molar-refractivity contribution < 1.29 is 9.90 Å². The highest BCUT2D eigenvalue weighted by molar-refractivity contribution is 5.85. The molecular formula is C14H20N2O2. The van der Waals surface area contributed by atoms with Gasteiger partial charge >= 0.3 is 0 Å². The monoisotopic (exact) mass is 248 g/mol. The molecule has 0 aliphatic carbocycles. The predicted octanol–water partition coefficient (Wildman–Crippen LogP) is 1.28. The number of likely N-dealkylation sites (N-methyl/N-ethyl adjacent to an activating group) is 1. The van der Waals surface area contributed by atoms with Gasteiger partial charge in [0.25, 0.3) is 0 Å². The summed E-state index contributed by atoms with van der Waals surface area (Å²) in [5, 5.41) is 11.8. The van der Waals surface area contributed by atoms with Crippen LogP contribution in [0, 0.1) is 0 Å². The first-order chi connectivity index (χ1) is 8.76. The van der Waals surface area contributed by atoms with Crippen molar-refractivity contribution in [3.63, 3.8) is 0 Å². The number of anilines is 1. The van der Waals surface area contributed by atoms with Crippen LogP contribution in [0.25, 0.3) is 0 Å². The Labute approximate surface area is 108 Å². The summed E-state index contributed by atoms with van der Waals surface area (Å²) in [6.07, 6.45) is 3.12. The highest BCUT2D eigenvalue weighted by atomic mass is 16.3. The van der Waals surface area contributed by atoms with E-state index in [1.165, 1.54) is 0 Å². The van der Waals surface area contributed by atoms with Crippen molar-refractivity contribution in [1.82, 2.24) is 5.32 Å². The van der Waals surface area contributed by atoms with Crippen LogP contribution < -0.4 is 10.2 Å². The summed E-state index contributed by atoms with van der Waals surface area (Å²) in [4.78, 5) is 14.0. The quantitative estimate of drug-likeness (QED) is 0.847. The van der Waals surface area contributed by atoms with Gasteiger partial charge in [0, 0.05) is 19.3 Å². The molecule has 0 radical (unpaired) electrons. The summed E-state index contributed by atoms with van der Waals surface area (Å²) in [5.74, 6) is 0.0842. The summed E-state index contributed by atoms with van der Waals surface area (Å²) in [6, 6.07) is 7.71. The second kappa shape index (κ2) is 5.87. The number of hydrogen-bond donors (Lipinski definition) is 2. The Hall–Kier alpha value is -1.55. The zero-order valence-corrected chi connectivity index (χ0v) is 10.7. The van der Waals surface area contributed by atoms with E-state index in [4.69, 9.17) is 5.11 Å². The molecule has 1 atom stereocenters. The van der Waals surface area contributed by atoms with Crippen molar-refractivity contribution in [3.05, 3.63) is 29.8 Å². The highest BCUT2D eigenvalue weighted by Crippen LogP contribution is 2.25. The number of carbonyl (C=O) groups excluding carboxylic acids is 1. The van der Waals surface area contributed by atoms with Crippen LogP contribution in [0.5, 0.6) is 0 Å². The summed E-state index contributed by atoms with van der Waals surface area (Å²) in [6.45, 7) is 0.968. The van der Waals surface area contributed by atoms with E-state index in [1.807, 2.05) is 24.3 Å². The molecular weight excluding hydrogens is 228 g/mol. The Balaban J connectivity index is 2.19. The van der Waals surface area contributed by atoms with Crippen LogP contribution in [0.2, 0.25) is 0 Å². The molecule has 1 aliphatic heterocycles. The van der Waals surface area contributed by atoms with E-state index in [-0.39, 0.29) is 18.6 Å². The van der Waals surface area contributed by atoms with Crippen molar-refractivity contribution in [2.24, 2.45) is 0 Å². The number of nitrogens with one attached hydrogen (secondary N) is 1. The van der Waals surface area contributed by atoms with Gasteiger partial charge in [0.1, 0.15) is 6.04 Å². The molecule has 4 nitrogen and oxygen atoms in total. The smallest absolute Gasteiger partial charge is 0.242 e. The minimum atomic E-state index is -0.0660. The van der Waals surface area contributed by atoms with Gasteiger partial charge in [0.05, 0.1) is 6.61 Å². The lowest BCUT2D eigenvalue weighted by Crippen LogP contribution is -2.48. The zero-order valence-electron chi connectivity index (χ0n) is 10.7. The number of rotatable bonds is 3. The maximum atomic E-state index is 11.9. The molecule has 1 heterocycles. The summed E-state index contributed by atoms with van der Waals surface area (Å²) >= 11 is 0. The number of piperidine rings is 1. The van der Waals surface area contributed by atoms with Crippen LogP contribution in [0.15, 0.2) is 24.3 Å². The maximum Gasteiger partial charge on any atom is 0.242 e. The molecule has 0 saturated carbocycles. The van der Waals surface area contributed by atoms with Gasteiger partial charge < -0.3 is 15.3 Å². The molecule has 0 spiro atoms. The van der Waals surface area contributed by atoms with Crippen molar-refractivity contribution in [1.29, 1.82) is 0 Å². The largest absolute Gasteiger partial charge is 0.392 e. The molecule has 1 saturated heterocycles. The Morgan fingerprint density at radius 1 is 1.39 bits per heavy atom. The lowest BCUT2D eigenvalue weighted by Gasteiger charge is -2.36. The minimum Gasteiger partial charge on any atom is -0.392 e. The van der Waals surface area contributed by atoms with Gasteiger partial charge in [0.15, 0.2) is 0 Å². The summed E-state index contributed by atoms with van der Waals surface area (Å²) < 4.78 is 0. The molecule has 1 aromatic carbocycles. The van der Waals surface area contributed by atoms with Crippen LogP contribution in [-0.4, -0.2) is 30.6 Å². The fourth-order valence-electron chi connectivity index (χ4n) is 2.47. The van der Waals surface area contributed by atoms with Crippen molar-refractivity contribution >= 4 is 11.6 Å². The van der Waals surface area contributed by atoms with E-state index in [1.54, 1.807) is 7.05 Å². The molecule has 2 rings (SSSR count). The third kappa shape index (κ3) is 2.64. The van der Waals surface area contributed by atoms with Crippen LogP contribution in [-0.2, 0) is 11.4 Å². The lowest BCUT2D eigenvalue weighted by atomic mass is 10.00. The van der Waals surface area contributed by atoms with Gasteiger partial charge in [0.2, 0.25) is 5.91 Å². The molecule has 4 heteroatoms. The maximum absolute atomic E-state index is 11.9. The third-order valence-corrected chi connectivity index (χ3v) is 3.50. The van der Waals surface area contributed by atoms with Crippen molar-refractivity contribution in [2.75, 3.05) is 18.5 Å². The first-order valence-electron chi connectivity index (χ1n) is 6.44. The van der Waals surface area contributed by atoms with E-state index in [9.17, 15) is 4.79 Å². The van der Waals surface area contributed by atoms with Crippen molar-refractivity contribution in [2.45, 2.75) is 31.9 Å². The summed E-state index contributed by atoms with van der Waals surface area (Å²) in [5.41, 5.74) is 1.95. The van der Waals surface area contributed by atoms with Crippen LogP contribution in [0.1, 0.15) is 24.8 Å². The predicted molar refractivity (Wildman–Crippen MR) is 71.4 cm³/mol. The van der Waals surface area contributed by atoms with E-state index < -0.39 is 0 Å². The second-order valence-corrected chi connectivity index (χ2v) is 4.64. The molecule has 0 bridgehead atoms. The molecule has 1 fully saturated rings.